The highest BCUT2D eigenvalue weighted by molar-refractivity contribution is 8.10. The third-order valence-electron chi connectivity index (χ3n) is 7.01. The molecule has 19 radical (unpaired) electrons. The summed E-state index contributed by atoms with van der Waals surface area (Å²) in [5.41, 5.74) is 0. The Hall–Kier alpha value is 3.22. The fourth-order valence-corrected chi connectivity index (χ4v) is 234. The van der Waals surface area contributed by atoms with Crippen LogP contribution in [0.3, 0.4) is 0 Å². The molecule has 0 amide bonds. The molecular weight excluding hydrogens is 922 g/mol. The summed E-state index contributed by atoms with van der Waals surface area (Å²) in [5.74, 6) is 0. The molecule has 0 saturated heterocycles. The van der Waals surface area contributed by atoms with Gasteiger partial charge >= 0.3 is 53.8 Å². The molecule has 0 aliphatic carbocycles. The van der Waals surface area contributed by atoms with Crippen molar-refractivity contribution in [3.63, 3.8) is 0 Å². The molecule has 47 heavy (non-hydrogen) atoms. The van der Waals surface area contributed by atoms with Crippen LogP contribution in [0.15, 0.2) is 0 Å². The third kappa shape index (κ3) is 10.3. The van der Waals surface area contributed by atoms with Crippen molar-refractivity contribution in [3.05, 3.63) is 0 Å². The lowest BCUT2D eigenvalue weighted by Gasteiger charge is -2.64. The molecule has 265 valence electrons. The smallest absolute Gasteiger partial charge is 0.420 e. The Bertz CT molecular complexity index is 920. The van der Waals surface area contributed by atoms with Gasteiger partial charge in [0.25, 0.3) is 32.3 Å². The van der Waals surface area contributed by atoms with Gasteiger partial charge in [0.1, 0.15) is 0 Å². The lowest BCUT2D eigenvalue weighted by atomic mass is 10.6. The Morgan fingerprint density at radius 1 is 0.638 bits per heavy atom. The van der Waals surface area contributed by atoms with Crippen LogP contribution in [0.1, 0.15) is 13.3 Å². The van der Waals surface area contributed by atoms with E-state index in [1.54, 1.807) is 33.1 Å². The summed E-state index contributed by atoms with van der Waals surface area (Å²) in [5, 5.41) is 0. The van der Waals surface area contributed by atoms with Crippen molar-refractivity contribution in [3.8, 4) is 0 Å². The maximum absolute atomic E-state index is 12.8. The van der Waals surface area contributed by atoms with Gasteiger partial charge in [0.05, 0.1) is 0 Å². The molecule has 4 atom stereocenters. The van der Waals surface area contributed by atoms with Crippen molar-refractivity contribution < 1.29 is 76.4 Å². The topological polar surface area (TPSA) is 256 Å². The van der Waals surface area contributed by atoms with Gasteiger partial charge in [0.2, 0.25) is 60.9 Å². The van der Waals surface area contributed by atoms with Crippen LogP contribution in [0.4, 0.5) is 0 Å². The minimum Gasteiger partial charge on any atom is -0.458 e. The summed E-state index contributed by atoms with van der Waals surface area (Å²) >= 11 is 0. The number of hydrogen-bond donors (Lipinski definition) is 9. The average Bonchev–Trinajstić information content (AvgIpc) is 2.97. The van der Waals surface area contributed by atoms with Gasteiger partial charge < -0.3 is 76.4 Å². The maximum atomic E-state index is 12.8. The highest BCUT2D eigenvalue weighted by Crippen LogP contribution is 2.48. The van der Waals surface area contributed by atoms with Crippen LogP contribution in [-0.4, -0.2) is 206 Å². The SMILES string of the molecule is CCC[Si](C)(O)[Si](O[Si]O)([Si]O)[Si](O[Si](C)(C)O[Si](C)(C)C)(O[Si](O[Si]O)([Si]O)[Si]O)[Si](O[Si]O)([Si](C)(C)OC)[Si](O[Si])([Si]O)[Si]O. The molecule has 0 aliphatic rings. The number of hydrogen-bond acceptors (Lipinski definition) is 17. The monoisotopic (exact) mass is 963 g/mol. The molecule has 0 spiro atoms. The molecule has 0 aliphatic heterocycles. The van der Waals surface area contributed by atoms with E-state index in [-0.39, 0.29) is 6.04 Å². The molecule has 0 fully saturated rings. The van der Waals surface area contributed by atoms with Gasteiger partial charge in [-0.15, -0.1) is 0 Å². The fraction of sp³-hybridized carbons (Fsp3) is 1.00. The second kappa shape index (κ2) is 20.2. The summed E-state index contributed by atoms with van der Waals surface area (Å²) in [6.45, 7) is 1.85. The first-order chi connectivity index (χ1) is 21.5. The van der Waals surface area contributed by atoms with E-state index >= 15 is 0 Å². The van der Waals surface area contributed by atoms with Crippen LogP contribution in [0, 0.1) is 0 Å². The zero-order chi connectivity index (χ0) is 37.2. The lowest BCUT2D eigenvalue weighted by Crippen LogP contribution is -3.05. The van der Waals surface area contributed by atoms with Crippen molar-refractivity contribution in [2.45, 2.75) is 71.8 Å². The van der Waals surface area contributed by atoms with Crippen LogP contribution in [0.5, 0.6) is 0 Å². The first kappa shape index (κ1) is 50.2. The molecule has 0 rings (SSSR count). The minimum atomic E-state index is -5.25. The van der Waals surface area contributed by atoms with E-state index in [0.29, 0.717) is 6.42 Å². The van der Waals surface area contributed by atoms with Gasteiger partial charge in [-0.1, -0.05) is 13.3 Å². The molecule has 4 unspecified atom stereocenters. The van der Waals surface area contributed by atoms with E-state index < -0.39 is 145 Å². The molecule has 0 bridgehead atoms. The molecule has 0 aromatic rings. The van der Waals surface area contributed by atoms with Crippen LogP contribution in [0.2, 0.25) is 58.4 Å². The molecule has 0 heterocycles. The van der Waals surface area contributed by atoms with Crippen LogP contribution in [0.25, 0.3) is 0 Å². The van der Waals surface area contributed by atoms with E-state index in [0.717, 1.165) is 0 Å². The Balaban J connectivity index is 9.67. The predicted molar refractivity (Wildman–Crippen MR) is 200 cm³/mol. The van der Waals surface area contributed by atoms with E-state index in [1.807, 2.05) is 19.6 Å². The van der Waals surface area contributed by atoms with Gasteiger partial charge in [0.15, 0.2) is 8.32 Å². The average molecular weight is 965 g/mol. The van der Waals surface area contributed by atoms with Gasteiger partial charge in [0, 0.05) is 7.11 Å². The molecule has 35 heteroatoms. The minimum absolute atomic E-state index is 0.0859. The molecule has 0 saturated carbocycles. The molecule has 9 N–H and O–H groups in total. The van der Waals surface area contributed by atoms with Crippen molar-refractivity contribution >= 4 is 155 Å². The Kier molecular flexibility index (Phi) is 21.6. The van der Waals surface area contributed by atoms with E-state index in [4.69, 9.17) is 33.2 Å². The quantitative estimate of drug-likeness (QED) is 0.0366. The van der Waals surface area contributed by atoms with Crippen molar-refractivity contribution in [1.29, 1.82) is 0 Å². The summed E-state index contributed by atoms with van der Waals surface area (Å²) < 4.78 is 51.9. The molecule has 0 aromatic heterocycles. The molecular formula is C12H43O17Si18. The van der Waals surface area contributed by atoms with Crippen molar-refractivity contribution in [2.24, 2.45) is 0 Å². The Labute approximate surface area is 308 Å². The highest BCUT2D eigenvalue weighted by atomic mass is 30.3. The van der Waals surface area contributed by atoms with Crippen molar-refractivity contribution in [2.75, 3.05) is 7.11 Å². The second-order valence-corrected chi connectivity index (χ2v) is 93.1. The summed E-state index contributed by atoms with van der Waals surface area (Å²) in [6, 6.07) is 0.0859. The first-order valence-corrected chi connectivity index (χ1v) is 52.4. The summed E-state index contributed by atoms with van der Waals surface area (Å²) in [4.78, 5) is 100. The Morgan fingerprint density at radius 3 is 1.45 bits per heavy atom. The predicted octanol–water partition coefficient (Wildman–Crippen LogP) is -6.21. The van der Waals surface area contributed by atoms with Gasteiger partial charge in [-0.05, 0) is 58.4 Å². The second-order valence-electron chi connectivity index (χ2n) is 12.1. The van der Waals surface area contributed by atoms with Gasteiger partial charge in [-0.25, -0.2) is 0 Å². The third-order valence-corrected chi connectivity index (χ3v) is 150. The lowest BCUT2D eigenvalue weighted by molar-refractivity contribution is 0.306. The van der Waals surface area contributed by atoms with Crippen molar-refractivity contribution in [1.82, 2.24) is 0 Å². The summed E-state index contributed by atoms with van der Waals surface area (Å²) in [6.07, 6.45) is 0.386. The van der Waals surface area contributed by atoms with Gasteiger partial charge in [-0.3, -0.25) is 0 Å². The number of rotatable bonds is 26. The first-order valence-electron chi connectivity index (χ1n) is 13.5. The summed E-state index contributed by atoms with van der Waals surface area (Å²) in [7, 11) is -29.5. The van der Waals surface area contributed by atoms with E-state index in [2.05, 4.69) is 10.5 Å². The van der Waals surface area contributed by atoms with Crippen LogP contribution < -0.4 is 0 Å². The normalized spacial score (nSPS) is 19.1. The molecule has 17 nitrogen and oxygen atoms in total. The standard InChI is InChI=1S/C12H43O17Si18/c1-11-12-42(10,21)46(38-20,25-32-14)44(28-40(6,7)27-39(3,4)5,29-43(34-16,35-17)24-31-13)47(26-33-15,41(8,9)22-2)45(23-30,36-18)37-19/h13-21H,11-12H2,1-10H3. The van der Waals surface area contributed by atoms with E-state index in [9.17, 15) is 43.2 Å². The largest absolute Gasteiger partial charge is 0.458 e. The van der Waals surface area contributed by atoms with E-state index in [1.165, 1.54) is 13.7 Å². The fourth-order valence-electron chi connectivity index (χ4n) is 5.37. The zero-order valence-electron chi connectivity index (χ0n) is 27.7. The highest BCUT2D eigenvalue weighted by Gasteiger charge is 2.91. The van der Waals surface area contributed by atoms with Crippen LogP contribution in [-0.2, 0) is 33.2 Å². The maximum Gasteiger partial charge on any atom is 0.420 e. The van der Waals surface area contributed by atoms with Gasteiger partial charge in [-0.2, -0.15) is 0 Å². The van der Waals surface area contributed by atoms with Crippen LogP contribution >= 0.6 is 0 Å². The molecule has 0 aromatic carbocycles. The zero-order valence-corrected chi connectivity index (χ0v) is 45.7. The Morgan fingerprint density at radius 2 is 1.13 bits per heavy atom.